The largest absolute Gasteiger partial charge is 0.426 e. The van der Waals surface area contributed by atoms with E-state index in [9.17, 15) is 4.79 Å². The summed E-state index contributed by atoms with van der Waals surface area (Å²) in [5.74, 6) is 0.383. The lowest BCUT2D eigenvalue weighted by molar-refractivity contribution is -0.137. The van der Waals surface area contributed by atoms with Gasteiger partial charge in [-0.2, -0.15) is 0 Å². The van der Waals surface area contributed by atoms with Crippen molar-refractivity contribution in [2.75, 3.05) is 0 Å². The molecule has 0 bridgehead atoms. The fourth-order valence-electron chi connectivity index (χ4n) is 1.53. The molecule has 0 radical (unpaired) electrons. The summed E-state index contributed by atoms with van der Waals surface area (Å²) in [4.78, 5) is 11.4. The van der Waals surface area contributed by atoms with Gasteiger partial charge in [-0.1, -0.05) is 32.1 Å². The highest BCUT2D eigenvalue weighted by molar-refractivity contribution is 5.74. The van der Waals surface area contributed by atoms with E-state index in [0.29, 0.717) is 5.75 Å². The van der Waals surface area contributed by atoms with Crippen molar-refractivity contribution >= 4 is 12.0 Å². The second-order valence-corrected chi connectivity index (χ2v) is 4.04. The summed E-state index contributed by atoms with van der Waals surface area (Å²) >= 11 is 0. The molecular weight excluding hydrogens is 188 g/mol. The number of hydrogen-bond acceptors (Lipinski definition) is 2. The molecular formula is C13H14O2. The van der Waals surface area contributed by atoms with Gasteiger partial charge in [-0.3, -0.25) is 4.79 Å². The smallest absolute Gasteiger partial charge is 0.313 e. The molecule has 0 unspecified atom stereocenters. The Balaban J connectivity index is 2.15. The molecule has 2 rings (SSSR count). The lowest BCUT2D eigenvalue weighted by atomic mass is 10.1. The summed E-state index contributed by atoms with van der Waals surface area (Å²) in [7, 11) is 0. The van der Waals surface area contributed by atoms with Crippen LogP contribution in [0.5, 0.6) is 5.75 Å². The van der Waals surface area contributed by atoms with E-state index in [1.54, 1.807) is 0 Å². The first kappa shape index (κ1) is 9.97. The highest BCUT2D eigenvalue weighted by Gasteiger charge is 2.11. The zero-order valence-electron chi connectivity index (χ0n) is 8.99. The Morgan fingerprint density at radius 3 is 2.93 bits per heavy atom. The molecule has 2 heteroatoms. The molecule has 2 nitrogen and oxygen atoms in total. The van der Waals surface area contributed by atoms with Crippen molar-refractivity contribution in [3.05, 3.63) is 35.4 Å². The van der Waals surface area contributed by atoms with Crippen molar-refractivity contribution in [3.63, 3.8) is 0 Å². The molecule has 0 aromatic heterocycles. The minimum atomic E-state index is -0.180. The van der Waals surface area contributed by atoms with Crippen molar-refractivity contribution in [1.29, 1.82) is 0 Å². The lowest BCUT2D eigenvalue weighted by Gasteiger charge is -2.08. The first-order chi connectivity index (χ1) is 7.16. The Kier molecular flexibility index (Phi) is 2.58. The topological polar surface area (TPSA) is 26.3 Å². The van der Waals surface area contributed by atoms with Gasteiger partial charge in [0.2, 0.25) is 0 Å². The van der Waals surface area contributed by atoms with E-state index in [2.05, 4.69) is 12.2 Å². The van der Waals surface area contributed by atoms with Crippen LogP contribution >= 0.6 is 0 Å². The van der Waals surface area contributed by atoms with Crippen LogP contribution < -0.4 is 4.74 Å². The summed E-state index contributed by atoms with van der Waals surface area (Å²) < 4.78 is 5.23. The third-order valence-electron chi connectivity index (χ3n) is 2.44. The molecule has 0 saturated heterocycles. The summed E-state index contributed by atoms with van der Waals surface area (Å²) in [5.41, 5.74) is 2.45. The molecule has 0 aliphatic heterocycles. The molecule has 0 N–H and O–H groups in total. The highest BCUT2D eigenvalue weighted by Crippen LogP contribution is 2.24. The van der Waals surface area contributed by atoms with Gasteiger partial charge < -0.3 is 4.74 Å². The molecule has 1 aromatic rings. The van der Waals surface area contributed by atoms with Crippen LogP contribution in [0, 0.1) is 5.92 Å². The summed E-state index contributed by atoms with van der Waals surface area (Å²) in [6, 6.07) is 5.77. The Hall–Kier alpha value is -1.57. The normalized spacial score (nSPS) is 13.0. The average molecular weight is 202 g/mol. The quantitative estimate of drug-likeness (QED) is 0.544. The van der Waals surface area contributed by atoms with Crippen LogP contribution in [-0.2, 0) is 11.2 Å². The van der Waals surface area contributed by atoms with E-state index < -0.39 is 0 Å². The second-order valence-electron chi connectivity index (χ2n) is 4.04. The van der Waals surface area contributed by atoms with Gasteiger partial charge in [0, 0.05) is 0 Å². The van der Waals surface area contributed by atoms with Gasteiger partial charge in [0.15, 0.2) is 0 Å². The lowest BCUT2D eigenvalue weighted by Crippen LogP contribution is -2.14. The van der Waals surface area contributed by atoms with E-state index >= 15 is 0 Å². The first-order valence-electron chi connectivity index (χ1n) is 5.18. The first-order valence-corrected chi connectivity index (χ1v) is 5.18. The molecule has 0 amide bonds. The summed E-state index contributed by atoms with van der Waals surface area (Å²) in [6.07, 6.45) is 5.13. The van der Waals surface area contributed by atoms with Gasteiger partial charge in [-0.05, 0) is 29.7 Å². The fourth-order valence-corrected chi connectivity index (χ4v) is 1.53. The monoisotopic (exact) mass is 202 g/mol. The third-order valence-corrected chi connectivity index (χ3v) is 2.44. The van der Waals surface area contributed by atoms with E-state index in [1.807, 2.05) is 32.0 Å². The molecule has 1 aliphatic rings. The molecule has 15 heavy (non-hydrogen) atoms. The molecule has 1 aromatic carbocycles. The van der Waals surface area contributed by atoms with Crippen molar-refractivity contribution in [2.24, 2.45) is 5.92 Å². The van der Waals surface area contributed by atoms with Gasteiger partial charge in [0.25, 0.3) is 0 Å². The number of allylic oxidation sites excluding steroid dienone is 1. The van der Waals surface area contributed by atoms with E-state index in [4.69, 9.17) is 4.74 Å². The Bertz CT molecular complexity index is 417. The maximum absolute atomic E-state index is 11.4. The molecule has 0 atom stereocenters. The SMILES string of the molecule is CC(C)C(=O)Oc1ccc2c(c1)CC=C2. The minimum Gasteiger partial charge on any atom is -0.426 e. The second kappa shape index (κ2) is 3.89. The third kappa shape index (κ3) is 2.09. The van der Waals surface area contributed by atoms with Gasteiger partial charge in [-0.25, -0.2) is 0 Å². The van der Waals surface area contributed by atoms with Crippen molar-refractivity contribution in [1.82, 2.24) is 0 Å². The maximum atomic E-state index is 11.4. The molecule has 0 heterocycles. The maximum Gasteiger partial charge on any atom is 0.313 e. The number of carbonyl (C=O) groups excluding carboxylic acids is 1. The fraction of sp³-hybridized carbons (Fsp3) is 0.308. The van der Waals surface area contributed by atoms with Gasteiger partial charge in [-0.15, -0.1) is 0 Å². The van der Waals surface area contributed by atoms with Gasteiger partial charge in [0.05, 0.1) is 5.92 Å². The number of benzene rings is 1. The van der Waals surface area contributed by atoms with E-state index in [0.717, 1.165) is 6.42 Å². The number of rotatable bonds is 2. The van der Waals surface area contributed by atoms with Crippen molar-refractivity contribution in [2.45, 2.75) is 20.3 Å². The summed E-state index contributed by atoms with van der Waals surface area (Å²) in [5, 5.41) is 0. The number of fused-ring (bicyclic) bond motifs is 1. The Morgan fingerprint density at radius 2 is 2.20 bits per heavy atom. The molecule has 0 saturated carbocycles. The predicted molar refractivity (Wildman–Crippen MR) is 59.7 cm³/mol. The number of hydrogen-bond donors (Lipinski definition) is 0. The highest BCUT2D eigenvalue weighted by atomic mass is 16.5. The summed E-state index contributed by atoms with van der Waals surface area (Å²) in [6.45, 7) is 3.66. The predicted octanol–water partition coefficient (Wildman–Crippen LogP) is 2.82. The van der Waals surface area contributed by atoms with E-state index in [-0.39, 0.29) is 11.9 Å². The van der Waals surface area contributed by atoms with Crippen molar-refractivity contribution < 1.29 is 9.53 Å². The molecule has 0 spiro atoms. The zero-order valence-corrected chi connectivity index (χ0v) is 8.99. The van der Waals surface area contributed by atoms with Gasteiger partial charge in [0.1, 0.15) is 5.75 Å². The van der Waals surface area contributed by atoms with Crippen LogP contribution in [0.4, 0.5) is 0 Å². The van der Waals surface area contributed by atoms with Crippen LogP contribution in [0.25, 0.3) is 6.08 Å². The Morgan fingerprint density at radius 1 is 1.40 bits per heavy atom. The van der Waals surface area contributed by atoms with Crippen LogP contribution in [0.2, 0.25) is 0 Å². The van der Waals surface area contributed by atoms with Crippen LogP contribution in [0.15, 0.2) is 24.3 Å². The molecule has 1 aliphatic carbocycles. The molecule has 78 valence electrons. The molecule has 0 fully saturated rings. The van der Waals surface area contributed by atoms with Crippen molar-refractivity contribution in [3.8, 4) is 5.75 Å². The number of ether oxygens (including phenoxy) is 1. The number of esters is 1. The van der Waals surface area contributed by atoms with Gasteiger partial charge >= 0.3 is 5.97 Å². The van der Waals surface area contributed by atoms with Crippen LogP contribution in [-0.4, -0.2) is 5.97 Å². The average Bonchev–Trinajstić information content (AvgIpc) is 2.64. The standard InChI is InChI=1S/C13H14O2/c1-9(2)13(14)15-12-7-6-10-4-3-5-11(10)8-12/h3-4,6-9H,5H2,1-2H3. The van der Waals surface area contributed by atoms with E-state index in [1.165, 1.54) is 11.1 Å². The van der Waals surface area contributed by atoms with Crippen LogP contribution in [0.3, 0.4) is 0 Å². The van der Waals surface area contributed by atoms with Crippen LogP contribution in [0.1, 0.15) is 25.0 Å². The number of carbonyl (C=O) groups is 1. The minimum absolute atomic E-state index is 0.0867. The zero-order chi connectivity index (χ0) is 10.8. The Labute approximate surface area is 89.6 Å².